The van der Waals surface area contributed by atoms with Gasteiger partial charge in [-0.3, -0.25) is 9.56 Å². The molecule has 0 aliphatic carbocycles. The number of aliphatic imine (C=N–C) groups is 1. The molecule has 0 aliphatic rings. The molecule has 0 fully saturated rings. The molecule has 1 aromatic heterocycles. The van der Waals surface area contributed by atoms with E-state index in [2.05, 4.69) is 25.8 Å². The normalized spacial score (nSPS) is 12.5. The van der Waals surface area contributed by atoms with Crippen LogP contribution in [0.2, 0.25) is 0 Å². The Bertz CT molecular complexity index is 912. The quantitative estimate of drug-likeness (QED) is 0.485. The van der Waals surface area contributed by atoms with Gasteiger partial charge in [0.1, 0.15) is 12.4 Å². The van der Waals surface area contributed by atoms with Gasteiger partial charge in [0.15, 0.2) is 23.4 Å². The Morgan fingerprint density at radius 2 is 1.89 bits per heavy atom. The highest BCUT2D eigenvalue weighted by Crippen LogP contribution is 2.16. The van der Waals surface area contributed by atoms with Gasteiger partial charge in [-0.25, -0.2) is 4.39 Å². The lowest BCUT2D eigenvalue weighted by Crippen LogP contribution is -2.41. The van der Waals surface area contributed by atoms with Crippen molar-refractivity contribution >= 4 is 5.96 Å². The molecule has 28 heavy (non-hydrogen) atoms. The van der Waals surface area contributed by atoms with Crippen molar-refractivity contribution in [3.63, 3.8) is 0 Å². The summed E-state index contributed by atoms with van der Waals surface area (Å²) in [4.78, 5) is 4.19. The summed E-state index contributed by atoms with van der Waals surface area (Å²) < 4.78 is 21.2. The number of aromatic nitrogens is 3. The highest BCUT2D eigenvalue weighted by atomic mass is 19.1. The highest BCUT2D eigenvalue weighted by Gasteiger charge is 2.10. The van der Waals surface area contributed by atoms with E-state index in [0.717, 1.165) is 11.5 Å². The molecule has 0 amide bonds. The Hall–Kier alpha value is -3.42. The number of benzene rings is 2. The molecule has 8 heteroatoms. The molecule has 0 spiro atoms. The topological polar surface area (TPSA) is 76.4 Å². The van der Waals surface area contributed by atoms with E-state index in [-0.39, 0.29) is 17.7 Å². The second-order valence-corrected chi connectivity index (χ2v) is 6.12. The molecular weight excluding hydrogens is 359 g/mol. The van der Waals surface area contributed by atoms with Crippen molar-refractivity contribution in [3.05, 3.63) is 72.6 Å². The third-order valence-electron chi connectivity index (χ3n) is 4.01. The van der Waals surface area contributed by atoms with Crippen LogP contribution < -0.4 is 15.4 Å². The summed E-state index contributed by atoms with van der Waals surface area (Å²) in [5, 5.41) is 14.5. The van der Waals surface area contributed by atoms with E-state index in [4.69, 9.17) is 4.74 Å². The largest absolute Gasteiger partial charge is 0.486 e. The van der Waals surface area contributed by atoms with Crippen LogP contribution in [0.4, 0.5) is 4.39 Å². The fraction of sp³-hybridized carbons (Fsp3) is 0.250. The number of nitrogens with one attached hydrogen (secondary N) is 2. The maximum atomic E-state index is 13.7. The molecule has 146 valence electrons. The first-order chi connectivity index (χ1) is 13.7. The zero-order chi connectivity index (χ0) is 19.8. The maximum absolute atomic E-state index is 13.7. The summed E-state index contributed by atoms with van der Waals surface area (Å²) in [6.07, 6.45) is 1.43. The van der Waals surface area contributed by atoms with E-state index in [1.54, 1.807) is 31.6 Å². The van der Waals surface area contributed by atoms with Crippen molar-refractivity contribution in [3.8, 4) is 11.4 Å². The van der Waals surface area contributed by atoms with E-state index in [1.807, 2.05) is 41.8 Å². The molecule has 3 aromatic rings. The average Bonchev–Trinajstić information content (AvgIpc) is 3.19. The summed E-state index contributed by atoms with van der Waals surface area (Å²) in [7, 11) is 1.68. The van der Waals surface area contributed by atoms with Crippen molar-refractivity contribution < 1.29 is 9.13 Å². The van der Waals surface area contributed by atoms with Crippen LogP contribution >= 0.6 is 0 Å². The second-order valence-electron chi connectivity index (χ2n) is 6.12. The van der Waals surface area contributed by atoms with Gasteiger partial charge in [-0.05, 0) is 31.2 Å². The molecule has 1 unspecified atom stereocenters. The molecular formula is C20H23FN6O. The van der Waals surface area contributed by atoms with E-state index in [9.17, 15) is 4.39 Å². The van der Waals surface area contributed by atoms with Crippen LogP contribution in [0.25, 0.3) is 5.69 Å². The van der Waals surface area contributed by atoms with Gasteiger partial charge < -0.3 is 15.4 Å². The molecule has 0 saturated heterocycles. The zero-order valence-corrected chi connectivity index (χ0v) is 15.8. The predicted molar refractivity (Wildman–Crippen MR) is 106 cm³/mol. The molecule has 7 nitrogen and oxygen atoms in total. The van der Waals surface area contributed by atoms with E-state index >= 15 is 0 Å². The Morgan fingerprint density at radius 3 is 2.64 bits per heavy atom. The van der Waals surface area contributed by atoms with E-state index in [0.29, 0.717) is 19.0 Å². The Balaban J connectivity index is 1.52. The number of hydrogen-bond acceptors (Lipinski definition) is 4. The zero-order valence-electron chi connectivity index (χ0n) is 15.8. The molecule has 2 N–H and O–H groups in total. The van der Waals surface area contributed by atoms with E-state index in [1.165, 1.54) is 6.07 Å². The van der Waals surface area contributed by atoms with Gasteiger partial charge in [-0.2, -0.15) is 0 Å². The van der Waals surface area contributed by atoms with Crippen molar-refractivity contribution in [2.24, 2.45) is 4.99 Å². The molecule has 3 rings (SSSR count). The van der Waals surface area contributed by atoms with Crippen LogP contribution in [-0.4, -0.2) is 40.4 Å². The number of guanidine groups is 1. The fourth-order valence-corrected chi connectivity index (χ4v) is 2.61. The predicted octanol–water partition coefficient (Wildman–Crippen LogP) is 2.54. The van der Waals surface area contributed by atoms with Crippen LogP contribution in [0, 0.1) is 5.82 Å². The summed E-state index contributed by atoms with van der Waals surface area (Å²) >= 11 is 0. The lowest BCUT2D eigenvalue weighted by atomic mass is 10.3. The lowest BCUT2D eigenvalue weighted by Gasteiger charge is -2.18. The number of halogens is 1. The molecule has 0 saturated carbocycles. The molecule has 1 heterocycles. The number of nitrogens with zero attached hydrogens (tertiary/aromatic N) is 4. The summed E-state index contributed by atoms with van der Waals surface area (Å²) in [5.74, 6) is 1.20. The van der Waals surface area contributed by atoms with Crippen molar-refractivity contribution in [2.45, 2.75) is 19.6 Å². The second kappa shape index (κ2) is 9.50. The van der Waals surface area contributed by atoms with Crippen LogP contribution in [0.3, 0.4) is 0 Å². The monoisotopic (exact) mass is 382 g/mol. The summed E-state index contributed by atoms with van der Waals surface area (Å²) in [5.41, 5.74) is 0.985. The van der Waals surface area contributed by atoms with Crippen LogP contribution in [0.1, 0.15) is 12.7 Å². The molecule has 0 aliphatic heterocycles. The van der Waals surface area contributed by atoms with Gasteiger partial charge >= 0.3 is 0 Å². The lowest BCUT2D eigenvalue weighted by molar-refractivity contribution is 0.214. The maximum Gasteiger partial charge on any atom is 0.191 e. The molecule has 2 aromatic carbocycles. The number of ether oxygens (including phenoxy) is 1. The summed E-state index contributed by atoms with van der Waals surface area (Å²) in [6, 6.07) is 16.2. The average molecular weight is 382 g/mol. The highest BCUT2D eigenvalue weighted by molar-refractivity contribution is 5.79. The minimum Gasteiger partial charge on any atom is -0.486 e. The van der Waals surface area contributed by atoms with Gasteiger partial charge in [0, 0.05) is 12.7 Å². The van der Waals surface area contributed by atoms with Crippen molar-refractivity contribution in [1.29, 1.82) is 0 Å². The minimum absolute atomic E-state index is 0.232. The van der Waals surface area contributed by atoms with Gasteiger partial charge in [0.25, 0.3) is 0 Å². The SMILES string of the molecule is CN=C(NCc1nncn1-c1ccccc1)NCC(C)Oc1ccccc1F. The number of para-hydroxylation sites is 2. The third kappa shape index (κ3) is 5.06. The molecule has 0 bridgehead atoms. The third-order valence-corrected chi connectivity index (χ3v) is 4.01. The van der Waals surface area contributed by atoms with Crippen LogP contribution in [0.15, 0.2) is 65.9 Å². The van der Waals surface area contributed by atoms with Gasteiger partial charge in [0.2, 0.25) is 0 Å². The first-order valence-corrected chi connectivity index (χ1v) is 8.97. The van der Waals surface area contributed by atoms with Crippen molar-refractivity contribution in [1.82, 2.24) is 25.4 Å². The Labute approximate surface area is 163 Å². The number of hydrogen-bond donors (Lipinski definition) is 2. The molecule has 0 radical (unpaired) electrons. The van der Waals surface area contributed by atoms with E-state index < -0.39 is 0 Å². The van der Waals surface area contributed by atoms with Gasteiger partial charge in [-0.1, -0.05) is 30.3 Å². The molecule has 1 atom stereocenters. The fourth-order valence-electron chi connectivity index (χ4n) is 2.61. The Morgan fingerprint density at radius 1 is 1.14 bits per heavy atom. The Kier molecular flexibility index (Phi) is 6.56. The van der Waals surface area contributed by atoms with Gasteiger partial charge in [-0.15, -0.1) is 10.2 Å². The van der Waals surface area contributed by atoms with Crippen LogP contribution in [0.5, 0.6) is 5.75 Å². The number of rotatable bonds is 7. The van der Waals surface area contributed by atoms with Crippen LogP contribution in [-0.2, 0) is 6.54 Å². The minimum atomic E-state index is -0.378. The smallest absolute Gasteiger partial charge is 0.191 e. The standard InChI is InChI=1S/C20H23FN6O/c1-15(28-18-11-7-6-10-17(18)21)12-23-20(22-2)24-13-19-26-25-14-27(19)16-8-4-3-5-9-16/h3-11,14-15H,12-13H2,1-2H3,(H2,22,23,24). The first-order valence-electron chi connectivity index (χ1n) is 8.97. The van der Waals surface area contributed by atoms with Gasteiger partial charge in [0.05, 0.1) is 13.1 Å². The van der Waals surface area contributed by atoms with Crippen molar-refractivity contribution in [2.75, 3.05) is 13.6 Å². The summed E-state index contributed by atoms with van der Waals surface area (Å²) in [6.45, 7) is 2.76. The first kappa shape index (κ1) is 19.3.